The summed E-state index contributed by atoms with van der Waals surface area (Å²) in [6, 6.07) is 9.56. The number of nitrogens with zero attached hydrogens (tertiary/aromatic N) is 2. The van der Waals surface area contributed by atoms with Gasteiger partial charge in [0.1, 0.15) is 0 Å². The molecule has 1 N–H and O–H groups in total. The first-order chi connectivity index (χ1) is 8.70. The van der Waals surface area contributed by atoms with Gasteiger partial charge < -0.3 is 10.0 Å². The number of anilines is 1. The maximum atomic E-state index is 10.9. The van der Waals surface area contributed by atoms with Crippen molar-refractivity contribution < 1.29 is 9.90 Å². The minimum atomic E-state index is -0.761. The number of aliphatic carboxylic acids is 1. The third-order valence-corrected chi connectivity index (χ3v) is 3.34. The van der Waals surface area contributed by atoms with Gasteiger partial charge in [-0.25, -0.2) is 0 Å². The van der Waals surface area contributed by atoms with Crippen molar-refractivity contribution in [2.24, 2.45) is 0 Å². The minimum Gasteiger partial charge on any atom is -0.481 e. The van der Waals surface area contributed by atoms with Crippen LogP contribution in [0.4, 0.5) is 5.69 Å². The lowest BCUT2D eigenvalue weighted by Crippen LogP contribution is -2.40. The second-order valence-corrected chi connectivity index (χ2v) is 4.60. The van der Waals surface area contributed by atoms with E-state index in [0.29, 0.717) is 5.56 Å². The highest BCUT2D eigenvalue weighted by Crippen LogP contribution is 2.27. The van der Waals surface area contributed by atoms with Crippen LogP contribution >= 0.6 is 0 Å². The van der Waals surface area contributed by atoms with Gasteiger partial charge in [0.15, 0.2) is 0 Å². The van der Waals surface area contributed by atoms with Crippen molar-refractivity contribution in [3.8, 4) is 6.07 Å². The van der Waals surface area contributed by atoms with E-state index in [-0.39, 0.29) is 12.5 Å². The first kappa shape index (κ1) is 12.4. The van der Waals surface area contributed by atoms with Crippen LogP contribution in [-0.2, 0) is 4.79 Å². The van der Waals surface area contributed by atoms with Crippen LogP contribution in [-0.4, -0.2) is 23.7 Å². The molecule has 0 aliphatic carbocycles. The molecule has 1 aliphatic heterocycles. The van der Waals surface area contributed by atoms with Crippen LogP contribution in [0.1, 0.15) is 31.2 Å². The molecule has 1 aliphatic rings. The van der Waals surface area contributed by atoms with Crippen molar-refractivity contribution >= 4 is 11.7 Å². The van der Waals surface area contributed by atoms with Crippen LogP contribution in [0.2, 0.25) is 0 Å². The number of carboxylic acid groups (broad SMARTS) is 1. The maximum Gasteiger partial charge on any atom is 0.305 e. The Hall–Kier alpha value is -2.02. The Labute approximate surface area is 106 Å². The standard InChI is InChI=1S/C14H16N2O2/c15-10-11-4-3-6-12(8-11)16-7-2-1-5-13(16)9-14(17)18/h3-4,6,8,13H,1-2,5,7,9H2,(H,17,18). The molecule has 4 nitrogen and oxygen atoms in total. The monoisotopic (exact) mass is 244 g/mol. The summed E-state index contributed by atoms with van der Waals surface area (Å²) >= 11 is 0. The molecule has 0 radical (unpaired) electrons. The number of hydrogen-bond acceptors (Lipinski definition) is 3. The third-order valence-electron chi connectivity index (χ3n) is 3.34. The molecule has 18 heavy (non-hydrogen) atoms. The normalized spacial score (nSPS) is 19.3. The Kier molecular flexibility index (Phi) is 3.83. The van der Waals surface area contributed by atoms with Gasteiger partial charge in [0.2, 0.25) is 0 Å². The van der Waals surface area contributed by atoms with Crippen LogP contribution in [0.15, 0.2) is 24.3 Å². The van der Waals surface area contributed by atoms with Gasteiger partial charge in [0, 0.05) is 18.3 Å². The van der Waals surface area contributed by atoms with Gasteiger partial charge >= 0.3 is 5.97 Å². The number of carboxylic acids is 1. The van der Waals surface area contributed by atoms with Gasteiger partial charge in [-0.15, -0.1) is 0 Å². The molecular weight excluding hydrogens is 228 g/mol. The molecule has 1 fully saturated rings. The van der Waals surface area contributed by atoms with Gasteiger partial charge in [-0.2, -0.15) is 5.26 Å². The number of hydrogen-bond donors (Lipinski definition) is 1. The van der Waals surface area contributed by atoms with E-state index in [4.69, 9.17) is 10.4 Å². The lowest BCUT2D eigenvalue weighted by molar-refractivity contribution is -0.137. The molecule has 0 spiro atoms. The van der Waals surface area contributed by atoms with Gasteiger partial charge in [-0.3, -0.25) is 4.79 Å². The molecule has 0 saturated carbocycles. The molecule has 2 rings (SSSR count). The van der Waals surface area contributed by atoms with Crippen LogP contribution < -0.4 is 4.90 Å². The highest BCUT2D eigenvalue weighted by molar-refractivity contribution is 5.68. The molecule has 1 heterocycles. The number of carbonyl (C=O) groups is 1. The highest BCUT2D eigenvalue weighted by atomic mass is 16.4. The molecule has 1 saturated heterocycles. The molecule has 4 heteroatoms. The predicted octanol–water partition coefficient (Wildman–Crippen LogP) is 2.39. The summed E-state index contributed by atoms with van der Waals surface area (Å²) in [7, 11) is 0. The SMILES string of the molecule is N#Cc1cccc(N2CCCCC2CC(=O)O)c1. The fraction of sp³-hybridized carbons (Fsp3) is 0.429. The van der Waals surface area contributed by atoms with Gasteiger partial charge in [-0.1, -0.05) is 6.07 Å². The predicted molar refractivity (Wildman–Crippen MR) is 68.4 cm³/mol. The maximum absolute atomic E-state index is 10.9. The van der Waals surface area contributed by atoms with Gasteiger partial charge in [0.25, 0.3) is 0 Å². The van der Waals surface area contributed by atoms with Crippen molar-refractivity contribution in [2.75, 3.05) is 11.4 Å². The second-order valence-electron chi connectivity index (χ2n) is 4.60. The van der Waals surface area contributed by atoms with E-state index < -0.39 is 5.97 Å². The number of benzene rings is 1. The molecule has 0 bridgehead atoms. The zero-order chi connectivity index (χ0) is 13.0. The van der Waals surface area contributed by atoms with Crippen LogP contribution in [0.25, 0.3) is 0 Å². The summed E-state index contributed by atoms with van der Waals surface area (Å²) in [5, 5.41) is 17.9. The van der Waals surface area contributed by atoms with Crippen molar-refractivity contribution in [1.29, 1.82) is 5.26 Å². The zero-order valence-electron chi connectivity index (χ0n) is 10.2. The first-order valence-electron chi connectivity index (χ1n) is 6.19. The first-order valence-corrected chi connectivity index (χ1v) is 6.19. The smallest absolute Gasteiger partial charge is 0.305 e. The van der Waals surface area contributed by atoms with E-state index in [2.05, 4.69) is 11.0 Å². The lowest BCUT2D eigenvalue weighted by Gasteiger charge is -2.37. The van der Waals surface area contributed by atoms with Crippen molar-refractivity contribution in [1.82, 2.24) is 0 Å². The molecule has 0 amide bonds. The van der Waals surface area contributed by atoms with E-state index in [1.807, 2.05) is 18.2 Å². The summed E-state index contributed by atoms with van der Waals surface area (Å²) in [5.74, 6) is -0.761. The Morgan fingerprint density at radius 2 is 2.33 bits per heavy atom. The quantitative estimate of drug-likeness (QED) is 0.886. The van der Waals surface area contributed by atoms with Crippen LogP contribution in [0, 0.1) is 11.3 Å². The Morgan fingerprint density at radius 3 is 3.06 bits per heavy atom. The summed E-state index contributed by atoms with van der Waals surface area (Å²) in [5.41, 5.74) is 1.58. The molecule has 1 unspecified atom stereocenters. The van der Waals surface area contributed by atoms with E-state index >= 15 is 0 Å². The van der Waals surface area contributed by atoms with Crippen LogP contribution in [0.5, 0.6) is 0 Å². The van der Waals surface area contributed by atoms with E-state index in [1.165, 1.54) is 0 Å². The lowest BCUT2D eigenvalue weighted by atomic mass is 9.98. The zero-order valence-corrected chi connectivity index (χ0v) is 10.2. The number of piperidine rings is 1. The fourth-order valence-corrected chi connectivity index (χ4v) is 2.51. The van der Waals surface area contributed by atoms with E-state index in [9.17, 15) is 4.79 Å². The van der Waals surface area contributed by atoms with Crippen molar-refractivity contribution in [2.45, 2.75) is 31.7 Å². The van der Waals surface area contributed by atoms with Crippen molar-refractivity contribution in [3.63, 3.8) is 0 Å². The molecule has 0 aromatic heterocycles. The Balaban J connectivity index is 2.22. The van der Waals surface area contributed by atoms with E-state index in [0.717, 1.165) is 31.5 Å². The van der Waals surface area contributed by atoms with Crippen LogP contribution in [0.3, 0.4) is 0 Å². The van der Waals surface area contributed by atoms with E-state index in [1.54, 1.807) is 6.07 Å². The fourth-order valence-electron chi connectivity index (χ4n) is 2.51. The second kappa shape index (κ2) is 5.54. The number of rotatable bonds is 3. The molecule has 1 aromatic carbocycles. The molecule has 94 valence electrons. The third kappa shape index (κ3) is 2.80. The average molecular weight is 244 g/mol. The molecular formula is C14H16N2O2. The Bertz CT molecular complexity index is 479. The molecule has 1 atom stereocenters. The summed E-state index contributed by atoms with van der Waals surface area (Å²) < 4.78 is 0. The topological polar surface area (TPSA) is 64.3 Å². The van der Waals surface area contributed by atoms with Crippen molar-refractivity contribution in [3.05, 3.63) is 29.8 Å². The minimum absolute atomic E-state index is 0.0465. The largest absolute Gasteiger partial charge is 0.481 e. The summed E-state index contributed by atoms with van der Waals surface area (Å²) in [6.45, 7) is 0.868. The summed E-state index contributed by atoms with van der Waals surface area (Å²) in [6.07, 6.45) is 3.22. The highest BCUT2D eigenvalue weighted by Gasteiger charge is 2.24. The number of nitriles is 1. The summed E-state index contributed by atoms with van der Waals surface area (Å²) in [4.78, 5) is 13.0. The molecule has 1 aromatic rings. The van der Waals surface area contributed by atoms with Gasteiger partial charge in [-0.05, 0) is 37.5 Å². The average Bonchev–Trinajstić information content (AvgIpc) is 2.39. The van der Waals surface area contributed by atoms with Gasteiger partial charge in [0.05, 0.1) is 18.1 Å². The Morgan fingerprint density at radius 1 is 1.50 bits per heavy atom.